The molecular formula is C11H15N5O. The Kier molecular flexibility index (Phi) is 3.13. The van der Waals surface area contributed by atoms with Crippen molar-refractivity contribution in [1.29, 1.82) is 0 Å². The number of nitrogens with zero attached hydrogens (tertiary/aromatic N) is 3. The van der Waals surface area contributed by atoms with Gasteiger partial charge in [-0.15, -0.1) is 10.2 Å². The van der Waals surface area contributed by atoms with Crippen LogP contribution in [0.5, 0.6) is 5.75 Å². The third-order valence-corrected chi connectivity index (χ3v) is 2.59. The minimum atomic E-state index is 0.231. The van der Waals surface area contributed by atoms with Gasteiger partial charge in [0.1, 0.15) is 5.75 Å². The summed E-state index contributed by atoms with van der Waals surface area (Å²) >= 11 is 0. The number of methoxy groups -OCH3 is 1. The second-order valence-corrected chi connectivity index (χ2v) is 3.69. The normalized spacial score (nSPS) is 10.4. The molecule has 2 rings (SSSR count). The van der Waals surface area contributed by atoms with E-state index in [1.54, 1.807) is 7.11 Å². The molecule has 0 aliphatic heterocycles. The predicted octanol–water partition coefficient (Wildman–Crippen LogP) is 0.368. The first-order valence-electron chi connectivity index (χ1n) is 5.28. The van der Waals surface area contributed by atoms with E-state index in [4.69, 9.17) is 16.3 Å². The van der Waals surface area contributed by atoms with Crippen LogP contribution in [0, 0.1) is 0 Å². The first-order chi connectivity index (χ1) is 8.20. The average molecular weight is 233 g/mol. The van der Waals surface area contributed by atoms with Gasteiger partial charge in [-0.25, -0.2) is 4.68 Å². The fourth-order valence-electron chi connectivity index (χ4n) is 1.56. The van der Waals surface area contributed by atoms with Crippen LogP contribution in [0.25, 0.3) is 0 Å². The van der Waals surface area contributed by atoms with E-state index in [-0.39, 0.29) is 5.95 Å². The fourth-order valence-corrected chi connectivity index (χ4v) is 1.56. The summed E-state index contributed by atoms with van der Waals surface area (Å²) in [5, 5.41) is 7.60. The van der Waals surface area contributed by atoms with Crippen LogP contribution in [0.4, 0.5) is 5.95 Å². The zero-order valence-corrected chi connectivity index (χ0v) is 9.63. The molecule has 17 heavy (non-hydrogen) atoms. The zero-order valence-electron chi connectivity index (χ0n) is 9.63. The van der Waals surface area contributed by atoms with Crippen molar-refractivity contribution in [3.05, 3.63) is 35.7 Å². The highest BCUT2D eigenvalue weighted by molar-refractivity contribution is 5.27. The number of aryl methyl sites for hydroxylation is 2. The Bertz CT molecular complexity index is 491. The minimum absolute atomic E-state index is 0.231. The molecule has 0 fully saturated rings. The molecule has 0 unspecified atom stereocenters. The number of rotatable bonds is 4. The van der Waals surface area contributed by atoms with Gasteiger partial charge >= 0.3 is 0 Å². The minimum Gasteiger partial charge on any atom is -0.497 e. The smallest absolute Gasteiger partial charge is 0.240 e. The topological polar surface area (TPSA) is 92.0 Å². The number of ether oxygens (including phenoxy) is 1. The molecule has 0 spiro atoms. The molecule has 1 aromatic carbocycles. The van der Waals surface area contributed by atoms with E-state index in [9.17, 15) is 0 Å². The predicted molar refractivity (Wildman–Crippen MR) is 65.0 cm³/mol. The Morgan fingerprint density at radius 2 is 1.88 bits per heavy atom. The van der Waals surface area contributed by atoms with Crippen molar-refractivity contribution in [2.75, 3.05) is 18.7 Å². The largest absolute Gasteiger partial charge is 0.497 e. The quantitative estimate of drug-likeness (QED) is 0.744. The van der Waals surface area contributed by atoms with E-state index >= 15 is 0 Å². The second-order valence-electron chi connectivity index (χ2n) is 3.69. The highest BCUT2D eigenvalue weighted by Crippen LogP contribution is 2.13. The zero-order chi connectivity index (χ0) is 12.3. The van der Waals surface area contributed by atoms with Gasteiger partial charge in [-0.3, -0.25) is 0 Å². The van der Waals surface area contributed by atoms with Crippen LogP contribution < -0.4 is 16.3 Å². The van der Waals surface area contributed by atoms with Gasteiger partial charge in [-0.2, -0.15) is 0 Å². The van der Waals surface area contributed by atoms with E-state index in [1.807, 2.05) is 24.3 Å². The van der Waals surface area contributed by atoms with Gasteiger partial charge in [0.25, 0.3) is 0 Å². The molecule has 1 aromatic heterocycles. The van der Waals surface area contributed by atoms with Gasteiger partial charge in [-0.05, 0) is 24.1 Å². The van der Waals surface area contributed by atoms with Crippen LogP contribution in [0.15, 0.2) is 24.3 Å². The summed E-state index contributed by atoms with van der Waals surface area (Å²) in [5.74, 6) is 7.42. The standard InChI is InChI=1S/C11H15N5O/c1-17-9-5-2-8(3-6-9)4-7-10-14-15-11(12)16(10)13/h2-3,5-6H,4,7,13H2,1H3,(H2,12,15). The maximum atomic E-state index is 5.66. The third-order valence-electron chi connectivity index (χ3n) is 2.59. The number of hydrogen-bond donors (Lipinski definition) is 2. The van der Waals surface area contributed by atoms with Crippen molar-refractivity contribution in [2.45, 2.75) is 12.8 Å². The Hall–Kier alpha value is -2.24. The van der Waals surface area contributed by atoms with Crippen LogP contribution in [0.1, 0.15) is 11.4 Å². The van der Waals surface area contributed by atoms with E-state index in [0.717, 1.165) is 12.2 Å². The monoisotopic (exact) mass is 233 g/mol. The van der Waals surface area contributed by atoms with Crippen LogP contribution in [0.2, 0.25) is 0 Å². The first kappa shape index (κ1) is 11.3. The summed E-state index contributed by atoms with van der Waals surface area (Å²) in [5.41, 5.74) is 6.68. The molecule has 6 nitrogen and oxygen atoms in total. The maximum Gasteiger partial charge on any atom is 0.240 e. The van der Waals surface area contributed by atoms with Crippen molar-refractivity contribution in [2.24, 2.45) is 0 Å². The van der Waals surface area contributed by atoms with Crippen LogP contribution >= 0.6 is 0 Å². The van der Waals surface area contributed by atoms with Crippen molar-refractivity contribution in [3.8, 4) is 5.75 Å². The van der Waals surface area contributed by atoms with Crippen molar-refractivity contribution < 1.29 is 4.74 Å². The summed E-state index contributed by atoms with van der Waals surface area (Å²) in [6.07, 6.45) is 1.53. The third kappa shape index (κ3) is 2.47. The Morgan fingerprint density at radius 3 is 2.41 bits per heavy atom. The molecule has 0 saturated carbocycles. The number of hydrogen-bond acceptors (Lipinski definition) is 5. The summed E-state index contributed by atoms with van der Waals surface area (Å²) in [7, 11) is 1.65. The lowest BCUT2D eigenvalue weighted by atomic mass is 10.1. The summed E-state index contributed by atoms with van der Waals surface area (Å²) in [6, 6.07) is 7.88. The molecule has 6 heteroatoms. The molecular weight excluding hydrogens is 218 g/mol. The summed E-state index contributed by atoms with van der Waals surface area (Å²) < 4.78 is 6.40. The van der Waals surface area contributed by atoms with Crippen LogP contribution in [0.3, 0.4) is 0 Å². The average Bonchev–Trinajstić information content (AvgIpc) is 2.68. The molecule has 1 heterocycles. The van der Waals surface area contributed by atoms with Gasteiger partial charge in [0.2, 0.25) is 5.95 Å². The highest BCUT2D eigenvalue weighted by atomic mass is 16.5. The summed E-state index contributed by atoms with van der Waals surface area (Å²) in [6.45, 7) is 0. The fraction of sp³-hybridized carbons (Fsp3) is 0.273. The highest BCUT2D eigenvalue weighted by Gasteiger charge is 2.06. The van der Waals surface area contributed by atoms with Gasteiger partial charge in [0.15, 0.2) is 5.82 Å². The molecule has 90 valence electrons. The Morgan fingerprint density at radius 1 is 1.18 bits per heavy atom. The number of benzene rings is 1. The first-order valence-corrected chi connectivity index (χ1v) is 5.28. The molecule has 0 aliphatic carbocycles. The lowest BCUT2D eigenvalue weighted by Gasteiger charge is -2.03. The van der Waals surface area contributed by atoms with Crippen LogP contribution in [-0.2, 0) is 12.8 Å². The lowest BCUT2D eigenvalue weighted by molar-refractivity contribution is 0.414. The van der Waals surface area contributed by atoms with Gasteiger partial charge in [-0.1, -0.05) is 12.1 Å². The van der Waals surface area contributed by atoms with E-state index in [2.05, 4.69) is 10.2 Å². The summed E-state index contributed by atoms with van der Waals surface area (Å²) in [4.78, 5) is 0. The number of nitrogens with two attached hydrogens (primary N) is 2. The molecule has 2 aromatic rings. The molecule has 0 radical (unpaired) electrons. The Labute approximate surface area is 99.2 Å². The van der Waals surface area contributed by atoms with E-state index < -0.39 is 0 Å². The SMILES string of the molecule is COc1ccc(CCc2nnc(N)n2N)cc1. The van der Waals surface area contributed by atoms with Crippen molar-refractivity contribution >= 4 is 5.95 Å². The van der Waals surface area contributed by atoms with Crippen molar-refractivity contribution in [3.63, 3.8) is 0 Å². The molecule has 0 atom stereocenters. The van der Waals surface area contributed by atoms with Crippen molar-refractivity contribution in [1.82, 2.24) is 14.9 Å². The molecule has 4 N–H and O–H groups in total. The molecule has 0 saturated heterocycles. The maximum absolute atomic E-state index is 5.66. The van der Waals surface area contributed by atoms with E-state index in [1.165, 1.54) is 10.2 Å². The number of anilines is 1. The second kappa shape index (κ2) is 4.73. The van der Waals surface area contributed by atoms with Crippen LogP contribution in [-0.4, -0.2) is 22.0 Å². The Balaban J connectivity index is 2.00. The van der Waals surface area contributed by atoms with Gasteiger partial charge in [0, 0.05) is 6.42 Å². The molecule has 0 amide bonds. The van der Waals surface area contributed by atoms with Gasteiger partial charge in [0.05, 0.1) is 7.11 Å². The van der Waals surface area contributed by atoms with Gasteiger partial charge < -0.3 is 16.3 Å². The molecule has 0 aliphatic rings. The lowest BCUT2D eigenvalue weighted by Crippen LogP contribution is -2.16. The number of aromatic nitrogens is 3. The van der Waals surface area contributed by atoms with E-state index in [0.29, 0.717) is 12.2 Å². The number of nitrogen functional groups attached to an aromatic ring is 2. The molecule has 0 bridgehead atoms.